The summed E-state index contributed by atoms with van der Waals surface area (Å²) in [4.78, 5) is 0. The third-order valence-electron chi connectivity index (χ3n) is 2.25. The van der Waals surface area contributed by atoms with Crippen molar-refractivity contribution >= 4 is 0 Å². The van der Waals surface area contributed by atoms with Crippen molar-refractivity contribution < 1.29 is 4.74 Å². The van der Waals surface area contributed by atoms with Gasteiger partial charge in [0.25, 0.3) is 0 Å². The van der Waals surface area contributed by atoms with E-state index in [1.165, 1.54) is 24.0 Å². The second-order valence-electron chi connectivity index (χ2n) is 3.05. The number of hydrogen-bond donors (Lipinski definition) is 0. The van der Waals surface area contributed by atoms with Crippen LogP contribution in [0.1, 0.15) is 24.0 Å². The van der Waals surface area contributed by atoms with Crippen LogP contribution in [0, 0.1) is 6.42 Å². The van der Waals surface area contributed by atoms with Crippen molar-refractivity contribution in [3.05, 3.63) is 35.7 Å². The van der Waals surface area contributed by atoms with Gasteiger partial charge in [-0.05, 0) is 42.5 Å². The van der Waals surface area contributed by atoms with Crippen LogP contribution in [0.4, 0.5) is 0 Å². The highest BCUT2D eigenvalue weighted by atomic mass is 16.5. The molecule has 1 heteroatoms. The summed E-state index contributed by atoms with van der Waals surface area (Å²) in [6, 6.07) is 6.20. The smallest absolute Gasteiger partial charge is 0.119 e. The molecule has 0 fully saturated rings. The van der Waals surface area contributed by atoms with Gasteiger partial charge in [-0.25, -0.2) is 0 Å². The fourth-order valence-corrected chi connectivity index (χ4v) is 1.58. The van der Waals surface area contributed by atoms with Crippen molar-refractivity contribution in [2.75, 3.05) is 7.11 Å². The highest BCUT2D eigenvalue weighted by Gasteiger charge is 2.09. The summed E-state index contributed by atoms with van der Waals surface area (Å²) in [5.41, 5.74) is 2.64. The molecule has 0 spiro atoms. The van der Waals surface area contributed by atoms with E-state index in [-0.39, 0.29) is 0 Å². The van der Waals surface area contributed by atoms with E-state index >= 15 is 0 Å². The van der Waals surface area contributed by atoms with Crippen LogP contribution in [0.5, 0.6) is 5.75 Å². The Kier molecular flexibility index (Phi) is 2.03. The predicted molar refractivity (Wildman–Crippen MR) is 48.3 cm³/mol. The van der Waals surface area contributed by atoms with Crippen molar-refractivity contribution in [2.45, 2.75) is 19.3 Å². The summed E-state index contributed by atoms with van der Waals surface area (Å²) in [5.74, 6) is 0.956. The maximum Gasteiger partial charge on any atom is 0.119 e. The average Bonchev–Trinajstić information content (AvgIpc) is 2.17. The molecule has 12 heavy (non-hydrogen) atoms. The fourth-order valence-electron chi connectivity index (χ4n) is 1.58. The third-order valence-corrected chi connectivity index (χ3v) is 2.25. The zero-order valence-electron chi connectivity index (χ0n) is 7.26. The SMILES string of the molecule is COc1ccc2c(c1)CCC[C]2. The summed E-state index contributed by atoms with van der Waals surface area (Å²) < 4.78 is 5.15. The first-order valence-electron chi connectivity index (χ1n) is 4.31. The standard InChI is InChI=1S/C11H12O/c1-12-11-7-6-9-4-2-3-5-10(9)8-11/h6-8H,2-3,5H2,1H3. The lowest BCUT2D eigenvalue weighted by Gasteiger charge is -2.15. The van der Waals surface area contributed by atoms with Crippen LogP contribution >= 0.6 is 0 Å². The van der Waals surface area contributed by atoms with Gasteiger partial charge in [0.15, 0.2) is 0 Å². The van der Waals surface area contributed by atoms with E-state index in [0.29, 0.717) is 0 Å². The van der Waals surface area contributed by atoms with E-state index in [1.54, 1.807) is 7.11 Å². The average molecular weight is 160 g/mol. The second kappa shape index (κ2) is 3.18. The first-order valence-corrected chi connectivity index (χ1v) is 4.31. The van der Waals surface area contributed by atoms with Crippen molar-refractivity contribution in [2.24, 2.45) is 0 Å². The molecule has 0 amide bonds. The number of hydrogen-bond acceptors (Lipinski definition) is 1. The molecule has 1 nitrogen and oxygen atoms in total. The first-order chi connectivity index (χ1) is 5.90. The number of methoxy groups -OCH3 is 1. The summed E-state index contributed by atoms with van der Waals surface area (Å²) >= 11 is 0. The van der Waals surface area contributed by atoms with E-state index in [9.17, 15) is 0 Å². The molecular formula is C11H12O. The summed E-state index contributed by atoms with van der Waals surface area (Å²) in [6.07, 6.45) is 6.84. The van der Waals surface area contributed by atoms with Crippen LogP contribution in [0.2, 0.25) is 0 Å². The number of rotatable bonds is 1. The minimum Gasteiger partial charge on any atom is -0.497 e. The zero-order chi connectivity index (χ0) is 8.39. The Morgan fingerprint density at radius 3 is 3.17 bits per heavy atom. The minimum atomic E-state index is 0.956. The Hall–Kier alpha value is -0.980. The van der Waals surface area contributed by atoms with Crippen molar-refractivity contribution in [1.82, 2.24) is 0 Å². The Balaban J connectivity index is 2.36. The Labute approximate surface area is 73.4 Å². The molecule has 1 aromatic carbocycles. The van der Waals surface area contributed by atoms with Gasteiger partial charge in [-0.3, -0.25) is 0 Å². The molecule has 0 bridgehead atoms. The molecule has 0 N–H and O–H groups in total. The lowest BCUT2D eigenvalue weighted by molar-refractivity contribution is 0.414. The molecular weight excluding hydrogens is 148 g/mol. The molecule has 0 aromatic heterocycles. The molecule has 0 saturated heterocycles. The molecule has 0 atom stereocenters. The Bertz CT molecular complexity index is 278. The summed E-state index contributed by atoms with van der Waals surface area (Å²) in [5, 5.41) is 0. The van der Waals surface area contributed by atoms with Gasteiger partial charge in [0, 0.05) is 6.42 Å². The van der Waals surface area contributed by atoms with E-state index in [2.05, 4.69) is 18.6 Å². The van der Waals surface area contributed by atoms with Gasteiger partial charge in [0.05, 0.1) is 7.11 Å². The molecule has 2 rings (SSSR count). The molecule has 62 valence electrons. The fraction of sp³-hybridized carbons (Fsp3) is 0.364. The Morgan fingerprint density at radius 1 is 1.42 bits per heavy atom. The van der Waals surface area contributed by atoms with Crippen LogP contribution < -0.4 is 4.74 Å². The molecule has 0 heterocycles. The first kappa shape index (κ1) is 7.66. The van der Waals surface area contributed by atoms with E-state index < -0.39 is 0 Å². The van der Waals surface area contributed by atoms with Gasteiger partial charge in [0.2, 0.25) is 0 Å². The predicted octanol–water partition coefficient (Wildman–Crippen LogP) is 2.46. The normalized spacial score (nSPS) is 15.4. The molecule has 2 radical (unpaired) electrons. The third kappa shape index (κ3) is 1.31. The Morgan fingerprint density at radius 2 is 2.33 bits per heavy atom. The lowest BCUT2D eigenvalue weighted by atomic mass is 9.92. The van der Waals surface area contributed by atoms with Crippen molar-refractivity contribution in [3.8, 4) is 5.75 Å². The lowest BCUT2D eigenvalue weighted by Crippen LogP contribution is -2.00. The molecule has 0 unspecified atom stereocenters. The van der Waals surface area contributed by atoms with E-state index in [1.807, 2.05) is 6.07 Å². The van der Waals surface area contributed by atoms with Gasteiger partial charge >= 0.3 is 0 Å². The number of fused-ring (bicyclic) bond motifs is 1. The molecule has 0 aliphatic heterocycles. The van der Waals surface area contributed by atoms with Crippen LogP contribution in [-0.4, -0.2) is 7.11 Å². The number of aryl methyl sites for hydroxylation is 1. The molecule has 0 saturated carbocycles. The second-order valence-corrected chi connectivity index (χ2v) is 3.05. The zero-order valence-corrected chi connectivity index (χ0v) is 7.26. The topological polar surface area (TPSA) is 9.23 Å². The van der Waals surface area contributed by atoms with Crippen molar-refractivity contribution in [1.29, 1.82) is 0 Å². The highest BCUT2D eigenvalue weighted by Crippen LogP contribution is 2.26. The highest BCUT2D eigenvalue weighted by molar-refractivity contribution is 5.40. The van der Waals surface area contributed by atoms with Crippen LogP contribution in [0.25, 0.3) is 0 Å². The summed E-state index contributed by atoms with van der Waals surface area (Å²) in [7, 11) is 1.71. The van der Waals surface area contributed by atoms with E-state index in [4.69, 9.17) is 4.74 Å². The molecule has 1 aliphatic carbocycles. The van der Waals surface area contributed by atoms with Gasteiger partial charge in [-0.2, -0.15) is 0 Å². The molecule has 1 aliphatic rings. The monoisotopic (exact) mass is 160 g/mol. The van der Waals surface area contributed by atoms with Gasteiger partial charge in [0.1, 0.15) is 5.75 Å². The van der Waals surface area contributed by atoms with Crippen molar-refractivity contribution in [3.63, 3.8) is 0 Å². The van der Waals surface area contributed by atoms with E-state index in [0.717, 1.165) is 12.2 Å². The van der Waals surface area contributed by atoms with Crippen LogP contribution in [0.15, 0.2) is 18.2 Å². The number of benzene rings is 1. The maximum atomic E-state index is 5.15. The van der Waals surface area contributed by atoms with Gasteiger partial charge in [-0.1, -0.05) is 6.07 Å². The quantitative estimate of drug-likeness (QED) is 0.613. The van der Waals surface area contributed by atoms with Crippen LogP contribution in [-0.2, 0) is 6.42 Å². The molecule has 1 aromatic rings. The largest absolute Gasteiger partial charge is 0.497 e. The van der Waals surface area contributed by atoms with Gasteiger partial charge in [-0.15, -0.1) is 0 Å². The number of ether oxygens (including phenoxy) is 1. The summed E-state index contributed by atoms with van der Waals surface area (Å²) in [6.45, 7) is 0. The maximum absolute atomic E-state index is 5.15. The minimum absolute atomic E-state index is 0.956. The van der Waals surface area contributed by atoms with Crippen LogP contribution in [0.3, 0.4) is 0 Å². The van der Waals surface area contributed by atoms with Gasteiger partial charge < -0.3 is 4.74 Å².